The molecular weight excluding hydrogens is 981 g/mol. The van der Waals surface area contributed by atoms with Gasteiger partial charge in [-0.2, -0.15) is 8.42 Å². The summed E-state index contributed by atoms with van der Waals surface area (Å²) in [6.07, 6.45) is -0.746. The molecule has 0 radical (unpaired) electrons. The van der Waals surface area contributed by atoms with Crippen LogP contribution in [0, 0.1) is 0 Å². The van der Waals surface area contributed by atoms with Gasteiger partial charge in [0, 0.05) is 11.4 Å². The van der Waals surface area contributed by atoms with Gasteiger partial charge in [-0.25, -0.2) is 33.9 Å². The van der Waals surface area contributed by atoms with Crippen molar-refractivity contribution in [1.82, 2.24) is 38.7 Å². The van der Waals surface area contributed by atoms with E-state index in [2.05, 4.69) is 30.9 Å². The van der Waals surface area contributed by atoms with Crippen LogP contribution in [-0.4, -0.2) is 113 Å². The fraction of sp³-hybridized carbons (Fsp3) is 0.391. The van der Waals surface area contributed by atoms with Crippen molar-refractivity contribution >= 4 is 62.3 Å². The molecule has 2 atom stereocenters. The lowest BCUT2D eigenvalue weighted by molar-refractivity contribution is -0.179. The number of nitrogens with zero attached hydrogens (tertiary/aromatic N) is 7. The van der Waals surface area contributed by atoms with Crippen LogP contribution < -0.4 is 30.5 Å². The summed E-state index contributed by atoms with van der Waals surface area (Å²) in [4.78, 5) is 94.2. The smallest absolute Gasteiger partial charge is 0.413 e. The number of urea groups is 1. The second-order valence-electron chi connectivity index (χ2n) is 18.6. The predicted molar refractivity (Wildman–Crippen MR) is 259 cm³/mol. The van der Waals surface area contributed by atoms with Crippen molar-refractivity contribution in [3.63, 3.8) is 0 Å². The van der Waals surface area contributed by atoms with Crippen LogP contribution in [0.25, 0.3) is 11.5 Å². The molecular formula is C46H54N10O14S2. The SMILES string of the molecule is C[C@@H](O)Cn1c(-c2cc(OCc3ccccc3)c(OCc3ccccc3)cn2)nn(S(=O)(=O)NC(=O)N2C[C@H](NC(=O)C(=NOC(C)(C)C(=O)OC(C)(C)C)c3csc(NC(=O)OC(C)(C)C)n3)C2=O)c1=O. The van der Waals surface area contributed by atoms with Gasteiger partial charge in [-0.05, 0) is 73.4 Å². The second kappa shape index (κ2) is 21.7. The summed E-state index contributed by atoms with van der Waals surface area (Å²) in [6.45, 7) is 13.1. The number of imide groups is 1. The fourth-order valence-electron chi connectivity index (χ4n) is 6.18. The molecule has 3 aromatic heterocycles. The number of benzene rings is 2. The minimum atomic E-state index is -5.22. The number of aliphatic hydroxyl groups excluding tert-OH is 1. The van der Waals surface area contributed by atoms with Gasteiger partial charge in [0.1, 0.15) is 41.8 Å². The molecule has 72 heavy (non-hydrogen) atoms. The van der Waals surface area contributed by atoms with E-state index in [1.807, 2.05) is 60.7 Å². The molecule has 5 aromatic rings. The molecule has 1 aliphatic heterocycles. The van der Waals surface area contributed by atoms with Crippen molar-refractivity contribution in [1.29, 1.82) is 0 Å². The van der Waals surface area contributed by atoms with E-state index < -0.39 is 93.6 Å². The Bertz CT molecular complexity index is 3010. The molecule has 26 heteroatoms. The molecule has 0 bridgehead atoms. The molecule has 6 rings (SSSR count). The highest BCUT2D eigenvalue weighted by Gasteiger charge is 2.44. The van der Waals surface area contributed by atoms with Gasteiger partial charge < -0.3 is 34.2 Å². The molecule has 4 N–H and O–H groups in total. The first-order valence-electron chi connectivity index (χ1n) is 22.1. The molecule has 0 unspecified atom stereocenters. The lowest BCUT2D eigenvalue weighted by Crippen LogP contribution is -2.68. The zero-order valence-corrected chi connectivity index (χ0v) is 42.3. The number of carbonyl (C=O) groups is 5. The zero-order chi connectivity index (χ0) is 52.8. The van der Waals surface area contributed by atoms with Crippen molar-refractivity contribution in [3.8, 4) is 23.0 Å². The largest absolute Gasteiger partial charge is 0.485 e. The first kappa shape index (κ1) is 53.6. The van der Waals surface area contributed by atoms with Crippen LogP contribution in [0.5, 0.6) is 11.5 Å². The van der Waals surface area contributed by atoms with Gasteiger partial charge in [0.2, 0.25) is 5.60 Å². The number of anilines is 1. The second-order valence-corrected chi connectivity index (χ2v) is 20.9. The van der Waals surface area contributed by atoms with Gasteiger partial charge in [0.25, 0.3) is 11.8 Å². The molecule has 1 aliphatic rings. The summed E-state index contributed by atoms with van der Waals surface area (Å²) >= 11 is 0.878. The third-order valence-electron chi connectivity index (χ3n) is 9.57. The van der Waals surface area contributed by atoms with Crippen LogP contribution in [0.3, 0.4) is 0 Å². The number of carbonyl (C=O) groups excluding carboxylic acids is 5. The highest BCUT2D eigenvalue weighted by molar-refractivity contribution is 7.88. The molecule has 0 saturated carbocycles. The number of pyridine rings is 1. The maximum Gasteiger partial charge on any atom is 0.413 e. The Kier molecular flexibility index (Phi) is 16.2. The number of hydrogen-bond donors (Lipinski definition) is 4. The summed E-state index contributed by atoms with van der Waals surface area (Å²) in [6, 6.07) is 16.9. The number of likely N-dealkylation sites (tertiary alicyclic amines) is 1. The highest BCUT2D eigenvalue weighted by atomic mass is 32.2. The van der Waals surface area contributed by atoms with Crippen LogP contribution in [-0.2, 0) is 58.7 Å². The van der Waals surface area contributed by atoms with E-state index in [1.165, 1.54) is 38.4 Å². The number of aromatic nitrogens is 5. The topological polar surface area (TPSA) is 303 Å². The lowest BCUT2D eigenvalue weighted by Gasteiger charge is -2.36. The van der Waals surface area contributed by atoms with Crippen LogP contribution in [0.2, 0.25) is 0 Å². The molecule has 4 heterocycles. The van der Waals surface area contributed by atoms with Crippen molar-refractivity contribution in [2.75, 3.05) is 11.9 Å². The zero-order valence-electron chi connectivity index (χ0n) is 40.7. The van der Waals surface area contributed by atoms with Gasteiger partial charge in [0.15, 0.2) is 28.2 Å². The number of aliphatic hydroxyl groups is 1. The summed E-state index contributed by atoms with van der Waals surface area (Å²) in [5.74, 6) is -2.98. The summed E-state index contributed by atoms with van der Waals surface area (Å²) in [5.41, 5.74) is -3.99. The number of oxime groups is 1. The van der Waals surface area contributed by atoms with Crippen LogP contribution in [0.15, 0.2) is 88.3 Å². The molecule has 0 spiro atoms. The Morgan fingerprint density at radius 2 is 1.49 bits per heavy atom. The summed E-state index contributed by atoms with van der Waals surface area (Å²) < 4.78 is 52.7. The molecule has 2 aromatic carbocycles. The number of thiazole rings is 1. The van der Waals surface area contributed by atoms with E-state index in [-0.39, 0.29) is 51.1 Å². The lowest BCUT2D eigenvalue weighted by atomic mass is 10.1. The third-order valence-corrected chi connectivity index (χ3v) is 11.5. The molecule has 0 aliphatic carbocycles. The number of hydrogen-bond acceptors (Lipinski definition) is 19. The van der Waals surface area contributed by atoms with Crippen LogP contribution in [0.4, 0.5) is 14.7 Å². The number of β-lactam (4-membered cyclic amide) rings is 1. The first-order valence-corrected chi connectivity index (χ1v) is 24.4. The Morgan fingerprint density at radius 3 is 2.06 bits per heavy atom. The minimum absolute atomic E-state index is 0.0206. The number of nitrogens with one attached hydrogen (secondary N) is 3. The van der Waals surface area contributed by atoms with E-state index in [4.69, 9.17) is 23.8 Å². The van der Waals surface area contributed by atoms with E-state index in [9.17, 15) is 42.3 Å². The number of rotatable bonds is 18. The van der Waals surface area contributed by atoms with Crippen molar-refractivity contribution in [3.05, 3.63) is 106 Å². The average Bonchev–Trinajstić information content (AvgIpc) is 3.88. The van der Waals surface area contributed by atoms with Crippen molar-refractivity contribution in [2.45, 2.75) is 111 Å². The Morgan fingerprint density at radius 1 is 0.889 bits per heavy atom. The number of esters is 1. The molecule has 384 valence electrons. The Balaban J connectivity index is 1.20. The van der Waals surface area contributed by atoms with Crippen molar-refractivity contribution < 1.29 is 61.3 Å². The van der Waals surface area contributed by atoms with Gasteiger partial charge in [0.05, 0.1) is 25.4 Å². The standard InChI is InChI=1S/C46H54N10O14S2/c1-27(57)22-54-36(30-20-33(66-24-28-16-12-10-13-17-28)34(21-47-30)67-25-29-18-14-11-15-19-29)51-56(43(54)63)72(64,65)53-41(61)55-23-31(38(55)59)48-37(58)35(52-70-46(8,9)39(60)68-44(2,3)4)32-26-71-40(49-32)50-42(62)69-45(5,6)7/h10-21,26-27,31,57H,22-25H2,1-9H3,(H,48,58)(H,53,61)(H,49,50,62)/t27-,31+/m1/s1. The van der Waals surface area contributed by atoms with E-state index in [0.717, 1.165) is 27.0 Å². The van der Waals surface area contributed by atoms with E-state index >= 15 is 0 Å². The van der Waals surface area contributed by atoms with Crippen molar-refractivity contribution in [2.24, 2.45) is 5.16 Å². The number of ether oxygens (including phenoxy) is 4. The highest BCUT2D eigenvalue weighted by Crippen LogP contribution is 2.32. The maximum atomic E-state index is 13.8. The monoisotopic (exact) mass is 1030 g/mol. The van der Waals surface area contributed by atoms with Crippen LogP contribution in [0.1, 0.15) is 79.1 Å². The van der Waals surface area contributed by atoms with Gasteiger partial charge in [-0.3, -0.25) is 24.4 Å². The van der Waals surface area contributed by atoms with Gasteiger partial charge in [-0.15, -0.1) is 16.4 Å². The summed E-state index contributed by atoms with van der Waals surface area (Å²) in [7, 11) is -5.22. The third kappa shape index (κ3) is 14.0. The molecule has 24 nitrogen and oxygen atoms in total. The van der Waals surface area contributed by atoms with E-state index in [0.29, 0.717) is 4.90 Å². The van der Waals surface area contributed by atoms with Crippen LogP contribution >= 0.6 is 11.3 Å². The predicted octanol–water partition coefficient (Wildman–Crippen LogP) is 4.12. The fourth-order valence-corrected chi connectivity index (χ4v) is 7.76. The maximum absolute atomic E-state index is 13.8. The van der Waals surface area contributed by atoms with Gasteiger partial charge in [-0.1, -0.05) is 69.9 Å². The summed E-state index contributed by atoms with van der Waals surface area (Å²) in [5, 5.41) is 24.4. The van der Waals surface area contributed by atoms with E-state index in [1.54, 1.807) is 46.3 Å². The number of amides is 5. The normalized spacial score (nSPS) is 14.6. The quantitative estimate of drug-likeness (QED) is 0.0415. The van der Waals surface area contributed by atoms with Gasteiger partial charge >= 0.3 is 34.0 Å². The first-order chi connectivity index (χ1) is 33.7. The molecule has 1 fully saturated rings. The average molecular weight is 1040 g/mol. The Hall–Kier alpha value is -7.71. The molecule has 5 amide bonds. The minimum Gasteiger partial charge on any atom is -0.485 e. The molecule has 1 saturated heterocycles. The Labute approximate surface area is 417 Å².